The number of carbonyl (C=O) groups excluding carboxylic acids is 1. The van der Waals surface area contributed by atoms with Crippen LogP contribution in [-0.2, 0) is 11.3 Å². The number of nitrogens with one attached hydrogen (secondary N) is 2. The summed E-state index contributed by atoms with van der Waals surface area (Å²) >= 11 is 0. The number of ether oxygens (including phenoxy) is 1. The SMILES string of the molecule is O=C(NC[C@@H]1C[C@H](F)CN1)OCc1ccccc1. The molecule has 1 aromatic rings. The first-order chi connectivity index (χ1) is 8.74. The Morgan fingerprint density at radius 1 is 1.44 bits per heavy atom. The molecule has 0 aliphatic carbocycles. The zero-order valence-corrected chi connectivity index (χ0v) is 10.1. The van der Waals surface area contributed by atoms with Crippen molar-refractivity contribution in [2.24, 2.45) is 0 Å². The van der Waals surface area contributed by atoms with Crippen LogP contribution in [0.5, 0.6) is 0 Å². The maximum Gasteiger partial charge on any atom is 0.407 e. The highest BCUT2D eigenvalue weighted by Crippen LogP contribution is 2.08. The van der Waals surface area contributed by atoms with E-state index in [0.717, 1.165) is 5.56 Å². The van der Waals surface area contributed by atoms with Crippen molar-refractivity contribution < 1.29 is 13.9 Å². The first-order valence-corrected chi connectivity index (χ1v) is 6.06. The molecular weight excluding hydrogens is 235 g/mol. The third kappa shape index (κ3) is 4.00. The second-order valence-electron chi connectivity index (χ2n) is 4.38. The Labute approximate surface area is 106 Å². The lowest BCUT2D eigenvalue weighted by Gasteiger charge is -2.11. The van der Waals surface area contributed by atoms with Gasteiger partial charge in [0.15, 0.2) is 0 Å². The van der Waals surface area contributed by atoms with Crippen LogP contribution in [0.4, 0.5) is 9.18 Å². The van der Waals surface area contributed by atoms with Gasteiger partial charge in [-0.1, -0.05) is 30.3 Å². The van der Waals surface area contributed by atoms with Gasteiger partial charge in [0.05, 0.1) is 0 Å². The Kier molecular flexibility index (Phi) is 4.52. The Balaban J connectivity index is 1.63. The lowest BCUT2D eigenvalue weighted by Crippen LogP contribution is -2.37. The van der Waals surface area contributed by atoms with Crippen LogP contribution >= 0.6 is 0 Å². The van der Waals surface area contributed by atoms with E-state index in [0.29, 0.717) is 19.5 Å². The van der Waals surface area contributed by atoms with Crippen molar-refractivity contribution in [3.8, 4) is 0 Å². The Bertz CT molecular complexity index is 386. The molecule has 0 saturated carbocycles. The van der Waals surface area contributed by atoms with Crippen LogP contribution < -0.4 is 10.6 Å². The van der Waals surface area contributed by atoms with Gasteiger partial charge in [0.2, 0.25) is 0 Å². The van der Waals surface area contributed by atoms with Crippen molar-refractivity contribution in [1.29, 1.82) is 0 Å². The average Bonchev–Trinajstić information content (AvgIpc) is 2.81. The summed E-state index contributed by atoms with van der Waals surface area (Å²) in [6, 6.07) is 9.46. The average molecular weight is 252 g/mol. The molecule has 4 nitrogen and oxygen atoms in total. The van der Waals surface area contributed by atoms with Gasteiger partial charge in [0.25, 0.3) is 0 Å². The molecule has 1 saturated heterocycles. The normalized spacial score (nSPS) is 22.7. The van der Waals surface area contributed by atoms with Crippen molar-refractivity contribution in [2.45, 2.75) is 25.2 Å². The number of benzene rings is 1. The smallest absolute Gasteiger partial charge is 0.407 e. The van der Waals surface area contributed by atoms with E-state index in [4.69, 9.17) is 4.74 Å². The van der Waals surface area contributed by atoms with E-state index >= 15 is 0 Å². The van der Waals surface area contributed by atoms with Crippen LogP contribution in [0.1, 0.15) is 12.0 Å². The molecule has 18 heavy (non-hydrogen) atoms. The largest absolute Gasteiger partial charge is 0.445 e. The first kappa shape index (κ1) is 12.8. The maximum absolute atomic E-state index is 12.9. The summed E-state index contributed by atoms with van der Waals surface area (Å²) in [6.07, 6.45) is -0.834. The molecule has 0 bridgehead atoms. The summed E-state index contributed by atoms with van der Waals surface area (Å²) in [5, 5.41) is 5.62. The monoisotopic (exact) mass is 252 g/mol. The third-order valence-electron chi connectivity index (χ3n) is 2.87. The fourth-order valence-corrected chi connectivity index (χ4v) is 1.91. The fourth-order valence-electron chi connectivity index (χ4n) is 1.91. The number of hydrogen-bond donors (Lipinski definition) is 2. The van der Waals surface area contributed by atoms with E-state index in [1.165, 1.54) is 0 Å². The van der Waals surface area contributed by atoms with Crippen LogP contribution in [0.25, 0.3) is 0 Å². The highest BCUT2D eigenvalue weighted by Gasteiger charge is 2.23. The number of hydrogen-bond acceptors (Lipinski definition) is 3. The molecule has 1 heterocycles. The minimum atomic E-state index is -0.808. The molecule has 0 unspecified atom stereocenters. The molecule has 1 amide bonds. The minimum absolute atomic E-state index is 0.00396. The van der Waals surface area contributed by atoms with Crippen LogP contribution in [0, 0.1) is 0 Å². The van der Waals surface area contributed by atoms with Crippen molar-refractivity contribution in [2.75, 3.05) is 13.1 Å². The van der Waals surface area contributed by atoms with Crippen molar-refractivity contribution >= 4 is 6.09 Å². The Hall–Kier alpha value is -1.62. The summed E-state index contributed by atoms with van der Waals surface area (Å²) in [5.41, 5.74) is 0.940. The topological polar surface area (TPSA) is 50.4 Å². The number of amides is 1. The van der Waals surface area contributed by atoms with E-state index in [1.807, 2.05) is 30.3 Å². The molecular formula is C13H17FN2O2. The minimum Gasteiger partial charge on any atom is -0.445 e. The zero-order valence-electron chi connectivity index (χ0n) is 10.1. The molecule has 0 radical (unpaired) electrons. The molecule has 0 aromatic heterocycles. The summed E-state index contributed by atoms with van der Waals surface area (Å²) in [4.78, 5) is 11.4. The van der Waals surface area contributed by atoms with Gasteiger partial charge < -0.3 is 15.4 Å². The fraction of sp³-hybridized carbons (Fsp3) is 0.462. The number of rotatable bonds is 4. The quantitative estimate of drug-likeness (QED) is 0.856. The van der Waals surface area contributed by atoms with Gasteiger partial charge in [-0.25, -0.2) is 9.18 Å². The van der Waals surface area contributed by atoms with Crippen molar-refractivity contribution in [3.05, 3.63) is 35.9 Å². The highest BCUT2D eigenvalue weighted by atomic mass is 19.1. The second-order valence-corrected chi connectivity index (χ2v) is 4.38. The predicted octanol–water partition coefficient (Wildman–Crippen LogP) is 1.61. The number of alkyl carbamates (subject to hydrolysis) is 1. The van der Waals surface area contributed by atoms with Crippen molar-refractivity contribution in [3.63, 3.8) is 0 Å². The van der Waals surface area contributed by atoms with Crippen LogP contribution in [0.2, 0.25) is 0 Å². The van der Waals surface area contributed by atoms with E-state index in [9.17, 15) is 9.18 Å². The summed E-state index contributed by atoms with van der Waals surface area (Å²) in [5.74, 6) is 0. The molecule has 98 valence electrons. The zero-order chi connectivity index (χ0) is 12.8. The predicted molar refractivity (Wildman–Crippen MR) is 65.9 cm³/mol. The first-order valence-electron chi connectivity index (χ1n) is 6.06. The summed E-state index contributed by atoms with van der Waals surface area (Å²) in [6.45, 7) is 1.01. The van der Waals surface area contributed by atoms with Gasteiger partial charge in [-0.05, 0) is 12.0 Å². The molecule has 1 fully saturated rings. The number of carbonyl (C=O) groups is 1. The van der Waals surface area contributed by atoms with E-state index in [1.54, 1.807) is 0 Å². The van der Waals surface area contributed by atoms with Gasteiger partial charge in [-0.2, -0.15) is 0 Å². The standard InChI is InChI=1S/C13H17FN2O2/c14-11-6-12(15-7-11)8-16-13(17)18-9-10-4-2-1-3-5-10/h1-5,11-12,15H,6-9H2,(H,16,17)/t11-,12-/m0/s1. The molecule has 2 N–H and O–H groups in total. The number of halogens is 1. The van der Waals surface area contributed by atoms with Gasteiger partial charge in [0, 0.05) is 19.1 Å². The van der Waals surface area contributed by atoms with Crippen LogP contribution in [0.3, 0.4) is 0 Å². The third-order valence-corrected chi connectivity index (χ3v) is 2.87. The lowest BCUT2D eigenvalue weighted by molar-refractivity contribution is 0.138. The Morgan fingerprint density at radius 3 is 2.89 bits per heavy atom. The molecule has 5 heteroatoms. The lowest BCUT2D eigenvalue weighted by atomic mass is 10.2. The number of alkyl halides is 1. The molecule has 0 spiro atoms. The summed E-state index contributed by atoms with van der Waals surface area (Å²) < 4.78 is 17.9. The van der Waals surface area contributed by atoms with Gasteiger partial charge >= 0.3 is 6.09 Å². The molecule has 1 aliphatic heterocycles. The molecule has 2 rings (SSSR count). The summed E-state index contributed by atoms with van der Waals surface area (Å²) in [7, 11) is 0. The molecule has 1 aliphatic rings. The van der Waals surface area contributed by atoms with Crippen molar-refractivity contribution in [1.82, 2.24) is 10.6 Å². The molecule has 2 atom stereocenters. The molecule has 1 aromatic carbocycles. The highest BCUT2D eigenvalue weighted by molar-refractivity contribution is 5.67. The van der Waals surface area contributed by atoms with E-state index in [2.05, 4.69) is 10.6 Å². The second kappa shape index (κ2) is 6.35. The van der Waals surface area contributed by atoms with Gasteiger partial charge in [-0.3, -0.25) is 0 Å². The maximum atomic E-state index is 12.9. The van der Waals surface area contributed by atoms with E-state index < -0.39 is 12.3 Å². The van der Waals surface area contributed by atoms with Crippen LogP contribution in [-0.4, -0.2) is 31.4 Å². The van der Waals surface area contributed by atoms with E-state index in [-0.39, 0.29) is 12.6 Å². The van der Waals surface area contributed by atoms with Gasteiger partial charge in [-0.15, -0.1) is 0 Å². The van der Waals surface area contributed by atoms with Crippen LogP contribution in [0.15, 0.2) is 30.3 Å². The Morgan fingerprint density at radius 2 is 2.22 bits per heavy atom. The van der Waals surface area contributed by atoms with Gasteiger partial charge in [0.1, 0.15) is 12.8 Å².